The van der Waals surface area contributed by atoms with Crippen LogP contribution in [-0.4, -0.2) is 35.5 Å². The van der Waals surface area contributed by atoms with Crippen molar-refractivity contribution in [2.75, 3.05) is 13.2 Å². The van der Waals surface area contributed by atoms with Gasteiger partial charge in [-0.25, -0.2) is 4.79 Å². The van der Waals surface area contributed by atoms with Crippen LogP contribution in [0.25, 0.3) is 0 Å². The number of ether oxygens (including phenoxy) is 1. The molecule has 0 saturated carbocycles. The molecule has 0 unspecified atom stereocenters. The highest BCUT2D eigenvalue weighted by atomic mass is 16.5. The van der Waals surface area contributed by atoms with E-state index in [4.69, 9.17) is 10.2 Å². The van der Waals surface area contributed by atoms with E-state index in [0.29, 0.717) is 6.61 Å². The Bertz CT molecular complexity index is 196. The quantitative estimate of drug-likeness (QED) is 0.361. The van der Waals surface area contributed by atoms with Gasteiger partial charge in [0.2, 0.25) is 0 Å². The molecule has 0 aromatic carbocycles. The Labute approximate surface area is 77.1 Å². The highest BCUT2D eigenvalue weighted by Crippen LogP contribution is 1.86. The minimum absolute atomic E-state index is 0.330. The van der Waals surface area contributed by atoms with Crippen LogP contribution < -0.4 is 0 Å². The average Bonchev–Trinajstić information content (AvgIpc) is 2.12. The first-order valence-electron chi connectivity index (χ1n) is 4.01. The van der Waals surface area contributed by atoms with Gasteiger partial charge >= 0.3 is 5.97 Å². The van der Waals surface area contributed by atoms with Crippen molar-refractivity contribution < 1.29 is 19.7 Å². The van der Waals surface area contributed by atoms with Crippen LogP contribution in [0.2, 0.25) is 0 Å². The molecule has 0 aliphatic rings. The number of allylic oxidation sites excluding steroid dienone is 2. The molecule has 0 radical (unpaired) electrons. The smallest absolute Gasteiger partial charge is 0.330 e. The number of aliphatic hydroxyl groups is 2. The first-order chi connectivity index (χ1) is 6.20. The van der Waals surface area contributed by atoms with Gasteiger partial charge in [0.05, 0.1) is 19.3 Å². The summed E-state index contributed by atoms with van der Waals surface area (Å²) in [6, 6.07) is 0. The van der Waals surface area contributed by atoms with Crippen LogP contribution in [0, 0.1) is 0 Å². The van der Waals surface area contributed by atoms with E-state index in [9.17, 15) is 4.79 Å². The number of carbonyl (C=O) groups excluding carboxylic acids is 1. The number of aliphatic hydroxyl groups excluding tert-OH is 2. The Morgan fingerprint density at radius 2 is 2.23 bits per heavy atom. The maximum atomic E-state index is 10.7. The molecular formula is C9H14O4. The molecule has 0 aromatic rings. The van der Waals surface area contributed by atoms with E-state index >= 15 is 0 Å². The molecule has 0 saturated heterocycles. The zero-order valence-electron chi connectivity index (χ0n) is 7.51. The van der Waals surface area contributed by atoms with Crippen LogP contribution >= 0.6 is 0 Å². The molecule has 0 aliphatic carbocycles. The molecule has 1 atom stereocenters. The summed E-state index contributed by atoms with van der Waals surface area (Å²) < 4.78 is 4.60. The third kappa shape index (κ3) is 7.24. The van der Waals surface area contributed by atoms with Crippen molar-refractivity contribution in [3.8, 4) is 0 Å². The van der Waals surface area contributed by atoms with Crippen LogP contribution in [0.3, 0.4) is 0 Å². The van der Waals surface area contributed by atoms with Gasteiger partial charge in [-0.1, -0.05) is 18.2 Å². The topological polar surface area (TPSA) is 66.8 Å². The Balaban J connectivity index is 3.73. The summed E-state index contributed by atoms with van der Waals surface area (Å²) in [7, 11) is 0. The molecule has 0 heterocycles. The fourth-order valence-electron chi connectivity index (χ4n) is 0.578. The summed E-state index contributed by atoms with van der Waals surface area (Å²) in [6.45, 7) is 1.73. The Morgan fingerprint density at radius 1 is 1.54 bits per heavy atom. The Kier molecular flexibility index (Phi) is 6.86. The lowest BCUT2D eigenvalue weighted by atomic mass is 10.3. The number of carbonyl (C=O) groups is 1. The lowest BCUT2D eigenvalue weighted by Crippen LogP contribution is -2.06. The van der Waals surface area contributed by atoms with Gasteiger partial charge in [0.25, 0.3) is 0 Å². The monoisotopic (exact) mass is 186 g/mol. The third-order valence-corrected chi connectivity index (χ3v) is 1.15. The fourth-order valence-corrected chi connectivity index (χ4v) is 0.578. The molecule has 0 rings (SSSR count). The Hall–Kier alpha value is -1.13. The summed E-state index contributed by atoms with van der Waals surface area (Å²) in [5.41, 5.74) is 0. The van der Waals surface area contributed by atoms with Gasteiger partial charge in [0.1, 0.15) is 0 Å². The van der Waals surface area contributed by atoms with Gasteiger partial charge in [0, 0.05) is 6.08 Å². The summed E-state index contributed by atoms with van der Waals surface area (Å²) in [4.78, 5) is 10.7. The van der Waals surface area contributed by atoms with Crippen molar-refractivity contribution in [3.05, 3.63) is 24.3 Å². The van der Waals surface area contributed by atoms with Gasteiger partial charge in [-0.05, 0) is 6.92 Å². The molecule has 4 heteroatoms. The number of rotatable bonds is 5. The van der Waals surface area contributed by atoms with E-state index in [1.54, 1.807) is 6.92 Å². The van der Waals surface area contributed by atoms with Gasteiger partial charge in [0.15, 0.2) is 0 Å². The molecule has 74 valence electrons. The average molecular weight is 186 g/mol. The summed E-state index contributed by atoms with van der Waals surface area (Å²) in [5, 5.41) is 17.3. The van der Waals surface area contributed by atoms with E-state index < -0.39 is 12.1 Å². The molecule has 0 spiro atoms. The van der Waals surface area contributed by atoms with E-state index in [2.05, 4.69) is 4.74 Å². The van der Waals surface area contributed by atoms with E-state index in [1.165, 1.54) is 24.3 Å². The van der Waals surface area contributed by atoms with Crippen molar-refractivity contribution in [1.82, 2.24) is 0 Å². The van der Waals surface area contributed by atoms with Gasteiger partial charge in [-0.15, -0.1) is 0 Å². The zero-order chi connectivity index (χ0) is 10.1. The van der Waals surface area contributed by atoms with Crippen molar-refractivity contribution in [3.63, 3.8) is 0 Å². The zero-order valence-corrected chi connectivity index (χ0v) is 7.51. The standard InChI is InChI=1S/C9H14O4/c1-2-13-9(12)6-4-3-5-8(11)7-10/h3-6,8,10-11H,2,7H2,1H3/b5-3+,6-4+/t8-/m0/s1. The largest absolute Gasteiger partial charge is 0.463 e. The summed E-state index contributed by atoms with van der Waals surface area (Å²) in [6.07, 6.45) is 4.64. The molecule has 0 aliphatic heterocycles. The maximum absolute atomic E-state index is 10.7. The van der Waals surface area contributed by atoms with Gasteiger partial charge in [-0.3, -0.25) is 0 Å². The van der Waals surface area contributed by atoms with Crippen molar-refractivity contribution in [1.29, 1.82) is 0 Å². The highest BCUT2D eigenvalue weighted by Gasteiger charge is 1.92. The van der Waals surface area contributed by atoms with Crippen LogP contribution in [0.15, 0.2) is 24.3 Å². The highest BCUT2D eigenvalue weighted by molar-refractivity contribution is 5.82. The van der Waals surface area contributed by atoms with Crippen LogP contribution in [0.5, 0.6) is 0 Å². The molecule has 0 amide bonds. The summed E-state index contributed by atoms with van der Waals surface area (Å²) in [5.74, 6) is -0.425. The molecule has 0 aromatic heterocycles. The van der Waals surface area contributed by atoms with Crippen molar-refractivity contribution in [2.45, 2.75) is 13.0 Å². The predicted octanol–water partition coefficient (Wildman–Crippen LogP) is 0.0151. The number of hydrogen-bond acceptors (Lipinski definition) is 4. The molecule has 0 fully saturated rings. The minimum atomic E-state index is -0.883. The molecule has 13 heavy (non-hydrogen) atoms. The second kappa shape index (κ2) is 7.52. The lowest BCUT2D eigenvalue weighted by molar-refractivity contribution is -0.137. The van der Waals surface area contributed by atoms with Crippen LogP contribution in [0.1, 0.15) is 6.92 Å². The van der Waals surface area contributed by atoms with E-state index in [-0.39, 0.29) is 6.61 Å². The molecule has 4 nitrogen and oxygen atoms in total. The first-order valence-corrected chi connectivity index (χ1v) is 4.01. The Morgan fingerprint density at radius 3 is 2.77 bits per heavy atom. The molecule has 0 bridgehead atoms. The van der Waals surface area contributed by atoms with Crippen LogP contribution in [0.4, 0.5) is 0 Å². The van der Waals surface area contributed by atoms with Gasteiger partial charge < -0.3 is 14.9 Å². The van der Waals surface area contributed by atoms with Crippen molar-refractivity contribution in [2.24, 2.45) is 0 Å². The number of esters is 1. The third-order valence-electron chi connectivity index (χ3n) is 1.15. The van der Waals surface area contributed by atoms with Crippen LogP contribution in [-0.2, 0) is 9.53 Å². The molecular weight excluding hydrogens is 172 g/mol. The van der Waals surface area contributed by atoms with E-state index in [1.807, 2.05) is 0 Å². The van der Waals surface area contributed by atoms with Crippen molar-refractivity contribution >= 4 is 5.97 Å². The first kappa shape index (κ1) is 11.9. The SMILES string of the molecule is CCOC(=O)/C=C/C=C/[C@H](O)CO. The maximum Gasteiger partial charge on any atom is 0.330 e. The minimum Gasteiger partial charge on any atom is -0.463 e. The van der Waals surface area contributed by atoms with Gasteiger partial charge in [-0.2, -0.15) is 0 Å². The normalized spacial score (nSPS) is 13.8. The number of hydrogen-bond donors (Lipinski definition) is 2. The van der Waals surface area contributed by atoms with E-state index in [0.717, 1.165) is 0 Å². The second-order valence-corrected chi connectivity index (χ2v) is 2.25. The second-order valence-electron chi connectivity index (χ2n) is 2.25. The lowest BCUT2D eigenvalue weighted by Gasteiger charge is -1.96. The molecule has 2 N–H and O–H groups in total. The summed E-state index contributed by atoms with van der Waals surface area (Å²) >= 11 is 0. The fraction of sp³-hybridized carbons (Fsp3) is 0.444. The predicted molar refractivity (Wildman–Crippen MR) is 48.0 cm³/mol.